The maximum absolute atomic E-state index is 13.9. The average molecular weight is 460 g/mol. The predicted octanol–water partition coefficient (Wildman–Crippen LogP) is 0.801. The standard InChI is InChI=1S/C20H17FN4O6S/c1-12(26)24-32(30,31)15-8-6-14(7-9-15)23-18(27)16-10-22-20(29)25(19(16)28)11-13-4-2-3-5-17(13)21/h2-10H,11H2,1H3,(H,22,29)(H,23,27)(H,24,26). The van der Waals surface area contributed by atoms with Crippen molar-refractivity contribution in [3.8, 4) is 0 Å². The monoisotopic (exact) mass is 460 g/mol. The molecule has 12 heteroatoms. The molecule has 0 saturated carbocycles. The first-order chi connectivity index (χ1) is 15.1. The highest BCUT2D eigenvalue weighted by Crippen LogP contribution is 2.14. The van der Waals surface area contributed by atoms with Crippen LogP contribution in [0.3, 0.4) is 0 Å². The van der Waals surface area contributed by atoms with Crippen LogP contribution in [0.4, 0.5) is 10.1 Å². The normalized spacial score (nSPS) is 11.1. The van der Waals surface area contributed by atoms with Crippen molar-refractivity contribution < 1.29 is 22.4 Å². The summed E-state index contributed by atoms with van der Waals surface area (Å²) >= 11 is 0. The number of aromatic amines is 1. The van der Waals surface area contributed by atoms with Gasteiger partial charge in [0, 0.05) is 24.4 Å². The number of carbonyl (C=O) groups is 2. The topological polar surface area (TPSA) is 147 Å². The van der Waals surface area contributed by atoms with Crippen LogP contribution in [0, 0.1) is 5.82 Å². The lowest BCUT2D eigenvalue weighted by atomic mass is 10.2. The first kappa shape index (κ1) is 22.6. The number of sulfonamides is 1. The number of H-pyrrole nitrogens is 1. The van der Waals surface area contributed by atoms with Gasteiger partial charge in [-0.25, -0.2) is 22.3 Å². The Kier molecular flexibility index (Phi) is 6.35. The summed E-state index contributed by atoms with van der Waals surface area (Å²) in [6, 6.07) is 10.4. The molecule has 166 valence electrons. The summed E-state index contributed by atoms with van der Waals surface area (Å²) < 4.78 is 40.3. The summed E-state index contributed by atoms with van der Waals surface area (Å²) in [6.45, 7) is 0.674. The van der Waals surface area contributed by atoms with E-state index < -0.39 is 44.5 Å². The average Bonchev–Trinajstić information content (AvgIpc) is 2.71. The highest BCUT2D eigenvalue weighted by Gasteiger charge is 2.18. The van der Waals surface area contributed by atoms with Crippen LogP contribution in [0.2, 0.25) is 0 Å². The lowest BCUT2D eigenvalue weighted by molar-refractivity contribution is -0.117. The molecule has 0 spiro atoms. The van der Waals surface area contributed by atoms with Gasteiger partial charge in [0.05, 0.1) is 11.4 Å². The van der Waals surface area contributed by atoms with E-state index in [-0.39, 0.29) is 22.7 Å². The lowest BCUT2D eigenvalue weighted by Gasteiger charge is -2.09. The fourth-order valence-corrected chi connectivity index (χ4v) is 3.77. The summed E-state index contributed by atoms with van der Waals surface area (Å²) in [6.07, 6.45) is 0.938. The van der Waals surface area contributed by atoms with E-state index in [1.807, 2.05) is 0 Å². The highest BCUT2D eigenvalue weighted by atomic mass is 32.2. The molecule has 2 amide bonds. The maximum atomic E-state index is 13.9. The molecule has 0 radical (unpaired) electrons. The predicted molar refractivity (Wildman–Crippen MR) is 112 cm³/mol. The van der Waals surface area contributed by atoms with Crippen molar-refractivity contribution in [2.24, 2.45) is 0 Å². The zero-order chi connectivity index (χ0) is 23.5. The Morgan fingerprint density at radius 1 is 1.06 bits per heavy atom. The molecule has 2 aromatic carbocycles. The zero-order valence-electron chi connectivity index (χ0n) is 16.6. The fourth-order valence-electron chi connectivity index (χ4n) is 2.78. The van der Waals surface area contributed by atoms with Gasteiger partial charge >= 0.3 is 5.69 Å². The van der Waals surface area contributed by atoms with Crippen molar-refractivity contribution in [3.63, 3.8) is 0 Å². The van der Waals surface area contributed by atoms with Crippen molar-refractivity contribution in [2.75, 3.05) is 5.32 Å². The van der Waals surface area contributed by atoms with Crippen molar-refractivity contribution in [1.82, 2.24) is 14.3 Å². The molecular formula is C20H17FN4O6S. The van der Waals surface area contributed by atoms with Crippen LogP contribution in [0.25, 0.3) is 0 Å². The second-order valence-electron chi connectivity index (χ2n) is 6.63. The van der Waals surface area contributed by atoms with Crippen LogP contribution in [0.1, 0.15) is 22.8 Å². The third-order valence-electron chi connectivity index (χ3n) is 4.29. The van der Waals surface area contributed by atoms with E-state index in [9.17, 15) is 32.0 Å². The van der Waals surface area contributed by atoms with Crippen molar-refractivity contribution in [2.45, 2.75) is 18.4 Å². The van der Waals surface area contributed by atoms with Gasteiger partial charge in [-0.15, -0.1) is 0 Å². The second kappa shape index (κ2) is 8.98. The van der Waals surface area contributed by atoms with Crippen molar-refractivity contribution in [1.29, 1.82) is 0 Å². The van der Waals surface area contributed by atoms with Crippen LogP contribution < -0.4 is 21.3 Å². The number of hydrogen-bond acceptors (Lipinski definition) is 6. The van der Waals surface area contributed by atoms with Gasteiger partial charge in [0.25, 0.3) is 21.5 Å². The van der Waals surface area contributed by atoms with Gasteiger partial charge in [0.2, 0.25) is 5.91 Å². The van der Waals surface area contributed by atoms with Gasteiger partial charge in [0.15, 0.2) is 0 Å². The minimum atomic E-state index is -4.04. The molecule has 10 nitrogen and oxygen atoms in total. The number of carbonyl (C=O) groups excluding carboxylic acids is 2. The van der Waals surface area contributed by atoms with E-state index in [2.05, 4.69) is 10.3 Å². The van der Waals surface area contributed by atoms with Crippen LogP contribution in [0.5, 0.6) is 0 Å². The Morgan fingerprint density at radius 2 is 1.72 bits per heavy atom. The second-order valence-corrected chi connectivity index (χ2v) is 8.31. The molecule has 1 aromatic heterocycles. The summed E-state index contributed by atoms with van der Waals surface area (Å²) in [7, 11) is -4.04. The number of rotatable bonds is 6. The van der Waals surface area contributed by atoms with E-state index in [4.69, 9.17) is 0 Å². The molecule has 0 bridgehead atoms. The molecule has 32 heavy (non-hydrogen) atoms. The van der Waals surface area contributed by atoms with Crippen LogP contribution in [-0.4, -0.2) is 29.8 Å². The quantitative estimate of drug-likeness (QED) is 0.496. The van der Waals surface area contributed by atoms with Crippen LogP contribution in [-0.2, 0) is 21.4 Å². The molecule has 0 atom stereocenters. The van der Waals surface area contributed by atoms with Crippen LogP contribution >= 0.6 is 0 Å². The zero-order valence-corrected chi connectivity index (χ0v) is 17.4. The summed E-state index contributed by atoms with van der Waals surface area (Å²) in [4.78, 5) is 50.3. The van der Waals surface area contributed by atoms with Gasteiger partial charge in [0.1, 0.15) is 11.4 Å². The smallest absolute Gasteiger partial charge is 0.322 e. The number of anilines is 1. The molecule has 3 N–H and O–H groups in total. The molecule has 0 aliphatic rings. The Bertz CT molecular complexity index is 1410. The number of hydrogen-bond donors (Lipinski definition) is 3. The third kappa shape index (κ3) is 4.98. The molecule has 0 unspecified atom stereocenters. The Balaban J connectivity index is 1.84. The van der Waals surface area contributed by atoms with E-state index in [1.54, 1.807) is 10.8 Å². The van der Waals surface area contributed by atoms with Gasteiger partial charge in [-0.05, 0) is 30.3 Å². The number of halogens is 1. The van der Waals surface area contributed by atoms with Crippen molar-refractivity contribution in [3.05, 3.63) is 92.5 Å². The van der Waals surface area contributed by atoms with Gasteiger partial charge in [-0.3, -0.25) is 19.0 Å². The number of nitrogens with one attached hydrogen (secondary N) is 3. The molecule has 0 aliphatic heterocycles. The van der Waals surface area contributed by atoms with Crippen LogP contribution in [0.15, 0.2) is 69.2 Å². The van der Waals surface area contributed by atoms with Crippen molar-refractivity contribution >= 4 is 27.5 Å². The maximum Gasteiger partial charge on any atom is 0.328 e. The SMILES string of the molecule is CC(=O)NS(=O)(=O)c1ccc(NC(=O)c2c[nH]c(=O)n(Cc3ccccc3F)c2=O)cc1. The summed E-state index contributed by atoms with van der Waals surface area (Å²) in [5.74, 6) is -2.24. The fraction of sp³-hybridized carbons (Fsp3) is 0.100. The molecule has 0 fully saturated rings. The number of benzene rings is 2. The molecule has 0 aliphatic carbocycles. The lowest BCUT2D eigenvalue weighted by Crippen LogP contribution is -2.39. The first-order valence-corrected chi connectivity index (χ1v) is 10.6. The van der Waals surface area contributed by atoms with E-state index in [0.717, 1.165) is 25.3 Å². The molecule has 3 aromatic rings. The molecule has 0 saturated heterocycles. The molecular weight excluding hydrogens is 443 g/mol. The summed E-state index contributed by atoms with van der Waals surface area (Å²) in [5, 5.41) is 2.41. The number of nitrogens with zero attached hydrogens (tertiary/aromatic N) is 1. The minimum absolute atomic E-state index is 0.0913. The Labute approximate surface area is 180 Å². The van der Waals surface area contributed by atoms with E-state index in [1.165, 1.54) is 30.3 Å². The minimum Gasteiger partial charge on any atom is -0.322 e. The Hall–Kier alpha value is -4.06. The van der Waals surface area contributed by atoms with Gasteiger partial charge < -0.3 is 10.3 Å². The summed E-state index contributed by atoms with van der Waals surface area (Å²) in [5.41, 5.74) is -1.91. The van der Waals surface area contributed by atoms with E-state index in [0.29, 0.717) is 4.57 Å². The number of amides is 2. The van der Waals surface area contributed by atoms with Gasteiger partial charge in [-0.1, -0.05) is 18.2 Å². The third-order valence-corrected chi connectivity index (χ3v) is 5.74. The molecule has 3 rings (SSSR count). The first-order valence-electron chi connectivity index (χ1n) is 9.09. The molecule has 1 heterocycles. The largest absolute Gasteiger partial charge is 0.328 e. The number of aromatic nitrogens is 2. The Morgan fingerprint density at radius 3 is 2.34 bits per heavy atom. The van der Waals surface area contributed by atoms with Gasteiger partial charge in [-0.2, -0.15) is 0 Å². The highest BCUT2D eigenvalue weighted by molar-refractivity contribution is 7.90. The van der Waals surface area contributed by atoms with E-state index >= 15 is 0 Å².